The fraction of sp³-hybridized carbons (Fsp3) is 0.385. The monoisotopic (exact) mass is 262 g/mol. The molecular weight excluding hydrogens is 244 g/mol. The molecule has 0 aliphatic carbocycles. The predicted octanol–water partition coefficient (Wildman–Crippen LogP) is 2.50. The van der Waals surface area contributed by atoms with Crippen LogP contribution in [0.5, 0.6) is 0 Å². The molecule has 2 N–H and O–H groups in total. The molecule has 0 aromatic carbocycles. The first-order valence-corrected chi connectivity index (χ1v) is 6.77. The molecule has 0 saturated heterocycles. The smallest absolute Gasteiger partial charge is 0.128 e. The van der Waals surface area contributed by atoms with E-state index in [1.54, 1.807) is 11.3 Å². The van der Waals surface area contributed by atoms with Crippen molar-refractivity contribution in [3.05, 3.63) is 40.0 Å². The summed E-state index contributed by atoms with van der Waals surface area (Å²) in [7, 11) is 2.03. The molecular formula is C13H18N4S. The number of hydrogen-bond acceptors (Lipinski definition) is 5. The minimum absolute atomic E-state index is 0.0283. The van der Waals surface area contributed by atoms with Crippen molar-refractivity contribution in [2.24, 2.45) is 5.73 Å². The number of nitrogens with two attached hydrogens (primary N) is 1. The lowest BCUT2D eigenvalue weighted by Crippen LogP contribution is -2.17. The molecule has 1 atom stereocenters. The lowest BCUT2D eigenvalue weighted by Gasteiger charge is -2.18. The Kier molecular flexibility index (Phi) is 3.93. The van der Waals surface area contributed by atoms with Gasteiger partial charge in [-0.05, 0) is 25.5 Å². The van der Waals surface area contributed by atoms with Crippen molar-refractivity contribution in [1.29, 1.82) is 0 Å². The van der Waals surface area contributed by atoms with Crippen LogP contribution in [-0.2, 0) is 6.54 Å². The van der Waals surface area contributed by atoms with E-state index in [9.17, 15) is 0 Å². The molecule has 0 bridgehead atoms. The first-order valence-electron chi connectivity index (χ1n) is 5.89. The second kappa shape index (κ2) is 5.46. The van der Waals surface area contributed by atoms with Gasteiger partial charge < -0.3 is 10.6 Å². The molecule has 18 heavy (non-hydrogen) atoms. The quantitative estimate of drug-likeness (QED) is 0.920. The van der Waals surface area contributed by atoms with E-state index in [0.29, 0.717) is 0 Å². The van der Waals surface area contributed by atoms with Crippen molar-refractivity contribution in [3.63, 3.8) is 0 Å². The highest BCUT2D eigenvalue weighted by Crippen LogP contribution is 2.19. The number of aromatic nitrogens is 2. The maximum atomic E-state index is 5.81. The van der Waals surface area contributed by atoms with Crippen molar-refractivity contribution < 1.29 is 0 Å². The molecule has 2 rings (SSSR count). The number of rotatable bonds is 4. The SMILES string of the molecule is Cc1ncsc1CN(C)c1ccc(C(C)N)cn1. The minimum atomic E-state index is 0.0283. The van der Waals surface area contributed by atoms with Crippen molar-refractivity contribution in [2.45, 2.75) is 26.4 Å². The largest absolute Gasteiger partial charge is 0.354 e. The summed E-state index contributed by atoms with van der Waals surface area (Å²) in [4.78, 5) is 12.1. The molecule has 1 unspecified atom stereocenters. The highest BCUT2D eigenvalue weighted by molar-refractivity contribution is 7.09. The fourth-order valence-electron chi connectivity index (χ4n) is 1.67. The molecule has 2 aromatic rings. The van der Waals surface area contributed by atoms with Crippen molar-refractivity contribution >= 4 is 17.2 Å². The average molecular weight is 262 g/mol. The Labute approximate surface area is 111 Å². The Morgan fingerprint density at radius 3 is 2.67 bits per heavy atom. The molecule has 0 radical (unpaired) electrons. The Morgan fingerprint density at radius 2 is 2.17 bits per heavy atom. The normalized spacial score (nSPS) is 12.4. The van der Waals surface area contributed by atoms with Crippen LogP contribution in [0.1, 0.15) is 29.1 Å². The number of hydrogen-bond donors (Lipinski definition) is 1. The summed E-state index contributed by atoms with van der Waals surface area (Å²) >= 11 is 1.68. The molecule has 0 amide bonds. The van der Waals surface area contributed by atoms with E-state index in [2.05, 4.69) is 14.9 Å². The van der Waals surface area contributed by atoms with Crippen molar-refractivity contribution in [3.8, 4) is 0 Å². The van der Waals surface area contributed by atoms with Crippen LogP contribution in [0.15, 0.2) is 23.8 Å². The summed E-state index contributed by atoms with van der Waals surface area (Å²) in [6, 6.07) is 4.07. The zero-order valence-corrected chi connectivity index (χ0v) is 11.7. The summed E-state index contributed by atoms with van der Waals surface area (Å²) in [6.07, 6.45) is 1.84. The zero-order valence-electron chi connectivity index (χ0n) is 10.9. The minimum Gasteiger partial charge on any atom is -0.354 e. The molecule has 4 nitrogen and oxygen atoms in total. The van der Waals surface area contributed by atoms with Crippen LogP contribution in [0.2, 0.25) is 0 Å². The van der Waals surface area contributed by atoms with Gasteiger partial charge in [-0.1, -0.05) is 6.07 Å². The Balaban J connectivity index is 2.09. The summed E-state index contributed by atoms with van der Waals surface area (Å²) in [5.74, 6) is 0.951. The number of thiazole rings is 1. The van der Waals surface area contributed by atoms with Crippen LogP contribution in [-0.4, -0.2) is 17.0 Å². The topological polar surface area (TPSA) is 55.0 Å². The van der Waals surface area contributed by atoms with E-state index in [1.807, 2.05) is 44.7 Å². The maximum absolute atomic E-state index is 5.81. The zero-order chi connectivity index (χ0) is 13.1. The van der Waals surface area contributed by atoms with Gasteiger partial charge in [-0.3, -0.25) is 0 Å². The van der Waals surface area contributed by atoms with Gasteiger partial charge in [-0.25, -0.2) is 9.97 Å². The van der Waals surface area contributed by atoms with Gasteiger partial charge in [-0.2, -0.15) is 0 Å². The summed E-state index contributed by atoms with van der Waals surface area (Å²) < 4.78 is 0. The van der Waals surface area contributed by atoms with Crippen LogP contribution in [0.4, 0.5) is 5.82 Å². The van der Waals surface area contributed by atoms with Crippen LogP contribution >= 0.6 is 11.3 Å². The summed E-state index contributed by atoms with van der Waals surface area (Å²) in [5.41, 5.74) is 9.84. The predicted molar refractivity (Wildman–Crippen MR) is 75.8 cm³/mol. The molecule has 5 heteroatoms. The van der Waals surface area contributed by atoms with Gasteiger partial charge >= 0.3 is 0 Å². The van der Waals surface area contributed by atoms with Gasteiger partial charge in [-0.15, -0.1) is 11.3 Å². The summed E-state index contributed by atoms with van der Waals surface area (Å²) in [6.45, 7) is 4.83. The van der Waals surface area contributed by atoms with Crippen LogP contribution in [0.3, 0.4) is 0 Å². The second-order valence-electron chi connectivity index (χ2n) is 4.46. The molecule has 0 fully saturated rings. The van der Waals surface area contributed by atoms with Gasteiger partial charge in [0.25, 0.3) is 0 Å². The third-order valence-corrected chi connectivity index (χ3v) is 3.83. The van der Waals surface area contributed by atoms with E-state index >= 15 is 0 Å². The number of pyridine rings is 1. The third kappa shape index (κ3) is 2.86. The molecule has 0 saturated carbocycles. The molecule has 2 aromatic heterocycles. The molecule has 96 valence electrons. The Morgan fingerprint density at radius 1 is 1.39 bits per heavy atom. The lowest BCUT2D eigenvalue weighted by molar-refractivity contribution is 0.807. The lowest BCUT2D eigenvalue weighted by atomic mass is 10.1. The fourth-order valence-corrected chi connectivity index (χ4v) is 2.50. The van der Waals surface area contributed by atoms with E-state index in [-0.39, 0.29) is 6.04 Å². The average Bonchev–Trinajstić information content (AvgIpc) is 2.75. The Bertz CT molecular complexity index is 504. The van der Waals surface area contributed by atoms with Gasteiger partial charge in [0.05, 0.1) is 17.7 Å². The van der Waals surface area contributed by atoms with Crippen LogP contribution in [0, 0.1) is 6.92 Å². The van der Waals surface area contributed by atoms with Crippen molar-refractivity contribution in [1.82, 2.24) is 9.97 Å². The standard InChI is InChI=1S/C13H18N4S/c1-9(14)11-4-5-13(15-6-11)17(3)7-12-10(2)16-8-18-12/h4-6,8-9H,7,14H2,1-3H3. The van der Waals surface area contributed by atoms with E-state index in [1.165, 1.54) is 4.88 Å². The molecule has 0 aliphatic rings. The van der Waals surface area contributed by atoms with Crippen LogP contribution < -0.4 is 10.6 Å². The summed E-state index contributed by atoms with van der Waals surface area (Å²) in [5, 5.41) is 0. The van der Waals surface area contributed by atoms with Gasteiger partial charge in [0, 0.05) is 24.2 Å². The van der Waals surface area contributed by atoms with E-state index in [4.69, 9.17) is 5.73 Å². The highest BCUT2D eigenvalue weighted by atomic mass is 32.1. The maximum Gasteiger partial charge on any atom is 0.128 e. The van der Waals surface area contributed by atoms with Crippen LogP contribution in [0.25, 0.3) is 0 Å². The van der Waals surface area contributed by atoms with Crippen molar-refractivity contribution in [2.75, 3.05) is 11.9 Å². The van der Waals surface area contributed by atoms with Gasteiger partial charge in [0.15, 0.2) is 0 Å². The number of aryl methyl sites for hydroxylation is 1. The molecule has 2 heterocycles. The van der Waals surface area contributed by atoms with E-state index < -0.39 is 0 Å². The third-order valence-electron chi connectivity index (χ3n) is 2.91. The molecule has 0 spiro atoms. The second-order valence-corrected chi connectivity index (χ2v) is 5.39. The van der Waals surface area contributed by atoms with Gasteiger partial charge in [0.1, 0.15) is 5.82 Å². The Hall–Kier alpha value is -1.46. The number of nitrogens with zero attached hydrogens (tertiary/aromatic N) is 3. The number of anilines is 1. The first-order chi connectivity index (χ1) is 8.58. The van der Waals surface area contributed by atoms with E-state index in [0.717, 1.165) is 23.6 Å². The first kappa shape index (κ1) is 13.0. The van der Waals surface area contributed by atoms with Gasteiger partial charge in [0.2, 0.25) is 0 Å². The highest BCUT2D eigenvalue weighted by Gasteiger charge is 2.08. The molecule has 0 aliphatic heterocycles.